The molecule has 0 saturated heterocycles. The summed E-state index contributed by atoms with van der Waals surface area (Å²) in [6, 6.07) is 0. The Morgan fingerprint density at radius 3 is 3.00 bits per heavy atom. The van der Waals surface area contributed by atoms with Crippen LogP contribution in [0, 0.1) is 4.91 Å². The molecule has 74 valence electrons. The van der Waals surface area contributed by atoms with Gasteiger partial charge in [-0.3, -0.25) is 0 Å². The normalized spacial score (nSPS) is 10.4. The van der Waals surface area contributed by atoms with Crippen molar-refractivity contribution in [1.29, 1.82) is 0 Å². The fourth-order valence-electron chi connectivity index (χ4n) is 0.936. The van der Waals surface area contributed by atoms with E-state index in [9.17, 15) is 9.70 Å². The van der Waals surface area contributed by atoms with E-state index in [0.717, 1.165) is 6.20 Å². The van der Waals surface area contributed by atoms with Gasteiger partial charge in [0.15, 0.2) is 5.69 Å². The van der Waals surface area contributed by atoms with Gasteiger partial charge >= 0.3 is 5.97 Å². The van der Waals surface area contributed by atoms with E-state index in [-0.39, 0.29) is 5.69 Å². The van der Waals surface area contributed by atoms with Gasteiger partial charge in [0.2, 0.25) is 0 Å². The molecule has 0 fully saturated rings. The molecule has 1 aromatic rings. The number of ether oxygens (including phenoxy) is 1. The highest BCUT2D eigenvalue weighted by Gasteiger charge is 2.10. The Labute approximate surface area is 80.2 Å². The molecule has 14 heavy (non-hydrogen) atoms. The van der Waals surface area contributed by atoms with Gasteiger partial charge in [-0.1, -0.05) is 0 Å². The van der Waals surface area contributed by atoms with Crippen molar-refractivity contribution >= 4 is 12.0 Å². The van der Waals surface area contributed by atoms with E-state index in [0.29, 0.717) is 5.82 Å². The topological polar surface area (TPSA) is 73.6 Å². The molecule has 1 heterocycles. The van der Waals surface area contributed by atoms with Crippen LogP contribution < -0.4 is 0 Å². The standard InChI is InChI=1S/C8H9N3O3/c1-11-5-6(8(12)14-2)10-7(11)3-4-9-13/h3-5H,1-2H3/b4-3+. The first-order valence-electron chi connectivity index (χ1n) is 3.79. The SMILES string of the molecule is COC(=O)c1cn(C)c(/C=C/N=O)n1. The molecule has 0 bridgehead atoms. The van der Waals surface area contributed by atoms with Gasteiger partial charge in [0.05, 0.1) is 13.3 Å². The van der Waals surface area contributed by atoms with Gasteiger partial charge in [-0.25, -0.2) is 9.78 Å². The number of imidazole rings is 1. The molecular weight excluding hydrogens is 186 g/mol. The second-order valence-corrected chi connectivity index (χ2v) is 2.51. The van der Waals surface area contributed by atoms with Gasteiger partial charge in [-0.15, -0.1) is 4.91 Å². The summed E-state index contributed by atoms with van der Waals surface area (Å²) in [7, 11) is 2.98. The summed E-state index contributed by atoms with van der Waals surface area (Å²) >= 11 is 0. The molecule has 1 aromatic heterocycles. The zero-order valence-corrected chi connectivity index (χ0v) is 7.80. The first kappa shape index (κ1) is 10.1. The number of nitroso groups, excluding NO2 is 1. The molecule has 0 radical (unpaired) electrons. The summed E-state index contributed by atoms with van der Waals surface area (Å²) in [6.45, 7) is 0. The number of rotatable bonds is 3. The van der Waals surface area contributed by atoms with Gasteiger partial charge in [0, 0.05) is 19.3 Å². The smallest absolute Gasteiger partial charge is 0.358 e. The molecule has 0 aliphatic heterocycles. The van der Waals surface area contributed by atoms with Crippen molar-refractivity contribution < 1.29 is 9.53 Å². The van der Waals surface area contributed by atoms with E-state index in [1.54, 1.807) is 11.6 Å². The van der Waals surface area contributed by atoms with Crippen molar-refractivity contribution in [3.63, 3.8) is 0 Å². The number of aryl methyl sites for hydroxylation is 1. The molecule has 6 heteroatoms. The van der Waals surface area contributed by atoms with Gasteiger partial charge < -0.3 is 9.30 Å². The predicted octanol–water partition coefficient (Wildman–Crippen LogP) is 0.944. The van der Waals surface area contributed by atoms with Crippen LogP contribution in [-0.2, 0) is 11.8 Å². The van der Waals surface area contributed by atoms with Crippen LogP contribution in [0.1, 0.15) is 16.3 Å². The van der Waals surface area contributed by atoms with Crippen LogP contribution in [0.2, 0.25) is 0 Å². The van der Waals surface area contributed by atoms with Crippen molar-refractivity contribution in [2.45, 2.75) is 0 Å². The maximum Gasteiger partial charge on any atom is 0.358 e. The number of hydrogen-bond acceptors (Lipinski definition) is 5. The molecule has 0 atom stereocenters. The summed E-state index contributed by atoms with van der Waals surface area (Å²) in [6.07, 6.45) is 3.97. The van der Waals surface area contributed by atoms with Gasteiger partial charge in [0.1, 0.15) is 5.82 Å². The van der Waals surface area contributed by atoms with Crippen LogP contribution in [0.3, 0.4) is 0 Å². The quantitative estimate of drug-likeness (QED) is 0.531. The van der Waals surface area contributed by atoms with E-state index in [1.807, 2.05) is 0 Å². The molecule has 0 saturated carbocycles. The third-order valence-electron chi connectivity index (χ3n) is 1.59. The van der Waals surface area contributed by atoms with Crippen LogP contribution in [0.15, 0.2) is 17.6 Å². The van der Waals surface area contributed by atoms with Crippen molar-refractivity contribution in [3.8, 4) is 0 Å². The number of aromatic nitrogens is 2. The molecule has 0 unspecified atom stereocenters. The minimum atomic E-state index is -0.515. The molecule has 0 aliphatic rings. The first-order chi connectivity index (χ1) is 6.69. The highest BCUT2D eigenvalue weighted by molar-refractivity contribution is 5.87. The monoisotopic (exact) mass is 195 g/mol. The molecule has 0 N–H and O–H groups in total. The first-order valence-corrected chi connectivity index (χ1v) is 3.79. The van der Waals surface area contributed by atoms with Crippen LogP contribution >= 0.6 is 0 Å². The summed E-state index contributed by atoms with van der Waals surface area (Å²) in [5.74, 6) is -0.0516. The highest BCUT2D eigenvalue weighted by atomic mass is 16.5. The molecule has 1 rings (SSSR count). The summed E-state index contributed by atoms with van der Waals surface area (Å²) in [5, 5.41) is 2.55. The lowest BCUT2D eigenvalue weighted by Crippen LogP contribution is -2.00. The van der Waals surface area contributed by atoms with Crippen LogP contribution in [0.25, 0.3) is 6.08 Å². The lowest BCUT2D eigenvalue weighted by atomic mass is 10.5. The summed E-state index contributed by atoms with van der Waals surface area (Å²) < 4.78 is 6.08. The second kappa shape index (κ2) is 4.31. The fourth-order valence-corrected chi connectivity index (χ4v) is 0.936. The van der Waals surface area contributed by atoms with Crippen LogP contribution in [0.5, 0.6) is 0 Å². The lowest BCUT2D eigenvalue weighted by Gasteiger charge is -1.90. The zero-order valence-electron chi connectivity index (χ0n) is 7.80. The number of carbonyl (C=O) groups is 1. The van der Waals surface area contributed by atoms with Crippen LogP contribution in [-0.4, -0.2) is 22.6 Å². The molecule has 6 nitrogen and oxygen atoms in total. The Balaban J connectivity index is 2.98. The predicted molar refractivity (Wildman–Crippen MR) is 49.4 cm³/mol. The Kier molecular flexibility index (Phi) is 3.11. The fraction of sp³-hybridized carbons (Fsp3) is 0.250. The lowest BCUT2D eigenvalue weighted by molar-refractivity contribution is 0.0594. The molecular formula is C8H9N3O3. The van der Waals surface area contributed by atoms with E-state index < -0.39 is 5.97 Å². The minimum absolute atomic E-state index is 0.195. The number of methoxy groups -OCH3 is 1. The van der Waals surface area contributed by atoms with E-state index in [1.165, 1.54) is 19.4 Å². The van der Waals surface area contributed by atoms with Crippen LogP contribution in [0.4, 0.5) is 0 Å². The second-order valence-electron chi connectivity index (χ2n) is 2.51. The number of esters is 1. The van der Waals surface area contributed by atoms with Crippen molar-refractivity contribution in [2.24, 2.45) is 12.2 Å². The maximum absolute atomic E-state index is 11.0. The third-order valence-corrected chi connectivity index (χ3v) is 1.59. The van der Waals surface area contributed by atoms with Gasteiger partial charge in [0.25, 0.3) is 0 Å². The molecule has 0 amide bonds. The Bertz CT molecular complexity index is 381. The van der Waals surface area contributed by atoms with E-state index in [4.69, 9.17) is 0 Å². The Morgan fingerprint density at radius 2 is 2.43 bits per heavy atom. The summed E-state index contributed by atoms with van der Waals surface area (Å²) in [4.78, 5) is 24.8. The van der Waals surface area contributed by atoms with Crippen molar-refractivity contribution in [3.05, 3.63) is 28.8 Å². The zero-order chi connectivity index (χ0) is 10.6. The maximum atomic E-state index is 11.0. The number of hydrogen-bond donors (Lipinski definition) is 0. The minimum Gasteiger partial charge on any atom is -0.464 e. The Hall–Kier alpha value is -1.98. The Morgan fingerprint density at radius 1 is 1.71 bits per heavy atom. The highest BCUT2D eigenvalue weighted by Crippen LogP contribution is 2.04. The average Bonchev–Trinajstić information content (AvgIpc) is 2.56. The third kappa shape index (κ3) is 2.03. The number of carbonyl (C=O) groups excluding carboxylic acids is 1. The van der Waals surface area contributed by atoms with E-state index >= 15 is 0 Å². The average molecular weight is 195 g/mol. The largest absolute Gasteiger partial charge is 0.464 e. The number of nitrogens with zero attached hydrogens (tertiary/aromatic N) is 3. The molecule has 0 aromatic carbocycles. The summed E-state index contributed by atoms with van der Waals surface area (Å²) in [5.41, 5.74) is 0.195. The van der Waals surface area contributed by atoms with Gasteiger partial charge in [-0.05, 0) is 5.18 Å². The molecule has 0 aliphatic carbocycles. The van der Waals surface area contributed by atoms with E-state index in [2.05, 4.69) is 14.9 Å². The van der Waals surface area contributed by atoms with Crippen molar-refractivity contribution in [1.82, 2.24) is 9.55 Å². The van der Waals surface area contributed by atoms with Gasteiger partial charge in [-0.2, -0.15) is 0 Å². The molecule has 0 spiro atoms. The van der Waals surface area contributed by atoms with Crippen molar-refractivity contribution in [2.75, 3.05) is 7.11 Å².